The molecule has 2 rings (SSSR count). The van der Waals surface area contributed by atoms with Gasteiger partial charge < -0.3 is 15.5 Å². The van der Waals surface area contributed by atoms with Crippen LogP contribution in [0.25, 0.3) is 0 Å². The van der Waals surface area contributed by atoms with Gasteiger partial charge in [0.2, 0.25) is 0 Å². The van der Waals surface area contributed by atoms with E-state index in [0.717, 1.165) is 4.90 Å². The molecule has 1 unspecified atom stereocenters. The third kappa shape index (κ3) is 1.49. The molecule has 6 heteroatoms. The number of hydrogen-bond acceptors (Lipinski definition) is 4. The molecular formula is C12H14N2O4. The Labute approximate surface area is 104 Å². The maximum Gasteiger partial charge on any atom is 0.325 e. The first-order valence-electron chi connectivity index (χ1n) is 5.55. The molecule has 96 valence electrons. The van der Waals surface area contributed by atoms with Gasteiger partial charge in [0.25, 0.3) is 5.91 Å². The summed E-state index contributed by atoms with van der Waals surface area (Å²) in [4.78, 5) is 24.7. The predicted molar refractivity (Wildman–Crippen MR) is 63.0 cm³/mol. The zero-order chi connectivity index (χ0) is 13.5. The smallest absolute Gasteiger partial charge is 0.325 e. The maximum absolute atomic E-state index is 12.2. The summed E-state index contributed by atoms with van der Waals surface area (Å²) >= 11 is 0. The molecule has 0 saturated carbocycles. The summed E-state index contributed by atoms with van der Waals surface area (Å²) in [6.07, 6.45) is 0.353. The lowest BCUT2D eigenvalue weighted by Crippen LogP contribution is -2.43. The molecule has 0 radical (unpaired) electrons. The molecule has 3 N–H and O–H groups in total. The lowest BCUT2D eigenvalue weighted by molar-refractivity contribution is -0.130. The van der Waals surface area contributed by atoms with Gasteiger partial charge in [0.1, 0.15) is 5.54 Å². The molecule has 0 aromatic heterocycles. The number of hydrogen-bond donors (Lipinski definition) is 3. The Hall–Kier alpha value is -2.24. The highest BCUT2D eigenvalue weighted by Crippen LogP contribution is 2.36. The summed E-state index contributed by atoms with van der Waals surface area (Å²) in [5, 5.41) is 21.4. The normalized spacial score (nSPS) is 23.3. The highest BCUT2D eigenvalue weighted by Gasteiger charge is 2.49. The van der Waals surface area contributed by atoms with E-state index in [9.17, 15) is 19.8 Å². The van der Waals surface area contributed by atoms with E-state index in [2.05, 4.69) is 5.32 Å². The fraction of sp³-hybridized carbons (Fsp3) is 0.333. The van der Waals surface area contributed by atoms with Crippen molar-refractivity contribution in [3.8, 4) is 11.5 Å². The average molecular weight is 250 g/mol. The lowest BCUT2D eigenvalue weighted by Gasteiger charge is -2.25. The van der Waals surface area contributed by atoms with Gasteiger partial charge in [0.05, 0.1) is 0 Å². The SMILES string of the molecule is CCC1(c2ccc(O)c(O)c2)NC(=O)N(C)C1=O. The fourth-order valence-electron chi connectivity index (χ4n) is 2.13. The predicted octanol–water partition coefficient (Wildman–Crippen LogP) is 0.885. The zero-order valence-corrected chi connectivity index (χ0v) is 10.1. The minimum atomic E-state index is -1.17. The topological polar surface area (TPSA) is 89.9 Å². The zero-order valence-electron chi connectivity index (χ0n) is 10.1. The third-order valence-corrected chi connectivity index (χ3v) is 3.29. The molecule has 6 nitrogen and oxygen atoms in total. The van der Waals surface area contributed by atoms with Crippen molar-refractivity contribution in [2.24, 2.45) is 0 Å². The number of nitrogens with one attached hydrogen (secondary N) is 1. The van der Waals surface area contributed by atoms with Crippen molar-refractivity contribution in [1.82, 2.24) is 10.2 Å². The summed E-state index contributed by atoms with van der Waals surface area (Å²) in [7, 11) is 1.40. The van der Waals surface area contributed by atoms with Crippen LogP contribution in [0.2, 0.25) is 0 Å². The van der Waals surface area contributed by atoms with E-state index in [4.69, 9.17) is 0 Å². The van der Waals surface area contributed by atoms with Crippen molar-refractivity contribution in [1.29, 1.82) is 0 Å². The lowest BCUT2D eigenvalue weighted by atomic mass is 9.87. The number of phenols is 2. The number of amides is 3. The molecule has 1 saturated heterocycles. The van der Waals surface area contributed by atoms with Gasteiger partial charge in [0.15, 0.2) is 11.5 Å². The van der Waals surface area contributed by atoms with E-state index < -0.39 is 11.6 Å². The molecule has 0 aliphatic carbocycles. The Kier molecular flexibility index (Phi) is 2.65. The van der Waals surface area contributed by atoms with E-state index in [1.165, 1.54) is 25.2 Å². The van der Waals surface area contributed by atoms with Crippen molar-refractivity contribution < 1.29 is 19.8 Å². The molecule has 18 heavy (non-hydrogen) atoms. The first-order chi connectivity index (χ1) is 8.42. The van der Waals surface area contributed by atoms with Crippen LogP contribution in [0.3, 0.4) is 0 Å². The first kappa shape index (κ1) is 12.2. The number of imide groups is 1. The largest absolute Gasteiger partial charge is 0.504 e. The standard InChI is InChI=1S/C12H14N2O4/c1-3-12(10(17)14(2)11(18)13-12)7-4-5-8(15)9(16)6-7/h4-6,15-16H,3H2,1-2H3,(H,13,18). The van der Waals surface area contributed by atoms with Crippen LogP contribution in [0.4, 0.5) is 4.79 Å². The van der Waals surface area contributed by atoms with Crippen molar-refractivity contribution in [2.75, 3.05) is 7.05 Å². The van der Waals surface area contributed by atoms with Gasteiger partial charge in [-0.1, -0.05) is 13.0 Å². The molecule has 3 amide bonds. The number of phenolic OH excluding ortho intramolecular Hbond substituents is 2. The summed E-state index contributed by atoms with van der Waals surface area (Å²) < 4.78 is 0. The third-order valence-electron chi connectivity index (χ3n) is 3.29. The minimum Gasteiger partial charge on any atom is -0.504 e. The highest BCUT2D eigenvalue weighted by molar-refractivity contribution is 6.07. The maximum atomic E-state index is 12.2. The second-order valence-electron chi connectivity index (χ2n) is 4.26. The van der Waals surface area contributed by atoms with Gasteiger partial charge in [-0.25, -0.2) is 4.79 Å². The molecule has 1 atom stereocenters. The van der Waals surface area contributed by atoms with Crippen LogP contribution < -0.4 is 5.32 Å². The van der Waals surface area contributed by atoms with Crippen molar-refractivity contribution in [2.45, 2.75) is 18.9 Å². The molecule has 1 heterocycles. The Balaban J connectivity index is 2.54. The van der Waals surface area contributed by atoms with Gasteiger partial charge >= 0.3 is 6.03 Å². The first-order valence-corrected chi connectivity index (χ1v) is 5.55. The molecular weight excluding hydrogens is 236 g/mol. The van der Waals surface area contributed by atoms with Crippen LogP contribution in [0.5, 0.6) is 11.5 Å². The number of nitrogens with zero attached hydrogens (tertiary/aromatic N) is 1. The number of aromatic hydroxyl groups is 2. The fourth-order valence-corrected chi connectivity index (χ4v) is 2.13. The Morgan fingerprint density at radius 1 is 1.28 bits per heavy atom. The molecule has 0 spiro atoms. The number of carbonyl (C=O) groups excluding carboxylic acids is 2. The average Bonchev–Trinajstić information content (AvgIpc) is 2.58. The number of likely N-dealkylation sites (N-methyl/N-ethyl adjacent to an activating group) is 1. The van der Waals surface area contributed by atoms with Crippen LogP contribution in [0.1, 0.15) is 18.9 Å². The summed E-state index contributed by atoms with van der Waals surface area (Å²) in [5.74, 6) is -0.966. The molecule has 0 bridgehead atoms. The Bertz CT molecular complexity index is 529. The molecule has 1 fully saturated rings. The molecule has 1 aromatic rings. The van der Waals surface area contributed by atoms with E-state index in [1.54, 1.807) is 6.92 Å². The van der Waals surface area contributed by atoms with E-state index in [0.29, 0.717) is 12.0 Å². The summed E-state index contributed by atoms with van der Waals surface area (Å²) in [6.45, 7) is 1.77. The number of benzene rings is 1. The second-order valence-corrected chi connectivity index (χ2v) is 4.26. The number of rotatable bonds is 2. The quantitative estimate of drug-likeness (QED) is 0.537. The summed E-state index contributed by atoms with van der Waals surface area (Å²) in [6, 6.07) is 3.61. The Morgan fingerprint density at radius 2 is 1.94 bits per heavy atom. The van der Waals surface area contributed by atoms with E-state index in [-0.39, 0.29) is 17.4 Å². The van der Waals surface area contributed by atoms with Crippen LogP contribution in [0.15, 0.2) is 18.2 Å². The van der Waals surface area contributed by atoms with E-state index >= 15 is 0 Å². The van der Waals surface area contributed by atoms with Crippen molar-refractivity contribution in [3.63, 3.8) is 0 Å². The number of urea groups is 1. The van der Waals surface area contributed by atoms with E-state index in [1.807, 2.05) is 0 Å². The molecule has 1 aliphatic rings. The van der Waals surface area contributed by atoms with Crippen molar-refractivity contribution in [3.05, 3.63) is 23.8 Å². The van der Waals surface area contributed by atoms with Crippen molar-refractivity contribution >= 4 is 11.9 Å². The van der Waals surface area contributed by atoms with Crippen LogP contribution in [-0.4, -0.2) is 34.1 Å². The van der Waals surface area contributed by atoms with Gasteiger partial charge in [-0.05, 0) is 24.1 Å². The van der Waals surface area contributed by atoms with Gasteiger partial charge in [-0.3, -0.25) is 9.69 Å². The van der Waals surface area contributed by atoms with Crippen LogP contribution in [0, 0.1) is 0 Å². The van der Waals surface area contributed by atoms with Gasteiger partial charge in [-0.15, -0.1) is 0 Å². The summed E-state index contributed by atoms with van der Waals surface area (Å²) in [5.41, 5.74) is -0.722. The second kappa shape index (κ2) is 3.90. The van der Waals surface area contributed by atoms with Gasteiger partial charge in [-0.2, -0.15) is 0 Å². The Morgan fingerprint density at radius 3 is 2.39 bits per heavy atom. The van der Waals surface area contributed by atoms with Crippen LogP contribution in [-0.2, 0) is 10.3 Å². The number of carbonyl (C=O) groups is 2. The monoisotopic (exact) mass is 250 g/mol. The molecule has 1 aliphatic heterocycles. The molecule has 1 aromatic carbocycles. The van der Waals surface area contributed by atoms with Gasteiger partial charge in [0, 0.05) is 7.05 Å². The minimum absolute atomic E-state index is 0.268. The highest BCUT2D eigenvalue weighted by atomic mass is 16.3. The van der Waals surface area contributed by atoms with Crippen LogP contribution >= 0.6 is 0 Å².